The molecule has 2 aromatic heterocycles. The lowest BCUT2D eigenvalue weighted by Crippen LogP contribution is -2.47. The average molecular weight is 471 g/mol. The summed E-state index contributed by atoms with van der Waals surface area (Å²) in [5.74, 6) is -2.66. The highest BCUT2D eigenvalue weighted by Gasteiger charge is 2.42. The molecule has 1 amide bonds. The van der Waals surface area contributed by atoms with E-state index in [9.17, 15) is 18.0 Å². The minimum absolute atomic E-state index is 0.0964. The quantitative estimate of drug-likeness (QED) is 0.738. The van der Waals surface area contributed by atoms with Gasteiger partial charge in [-0.3, -0.25) is 14.7 Å². The molecule has 2 fully saturated rings. The van der Waals surface area contributed by atoms with Crippen molar-refractivity contribution in [1.29, 1.82) is 0 Å². The largest absolute Gasteiger partial charge is 0.490 e. The molecule has 0 saturated carbocycles. The highest BCUT2D eigenvalue weighted by molar-refractivity contribution is 7.07. The van der Waals surface area contributed by atoms with Crippen LogP contribution in [0.25, 0.3) is 0 Å². The number of alkyl halides is 3. The van der Waals surface area contributed by atoms with Crippen LogP contribution in [0.4, 0.5) is 13.2 Å². The predicted octanol–water partition coefficient (Wildman–Crippen LogP) is 3.61. The number of hydrogen-bond acceptors (Lipinski definition) is 6. The second-order valence-corrected chi connectivity index (χ2v) is 8.96. The molecule has 11 heteroatoms. The molecule has 2 saturated heterocycles. The second kappa shape index (κ2) is 9.95. The summed E-state index contributed by atoms with van der Waals surface area (Å²) in [6.07, 6.45) is -1.61. The number of aryl methyl sites for hydroxylation is 1. The van der Waals surface area contributed by atoms with Crippen molar-refractivity contribution in [2.45, 2.75) is 38.9 Å². The number of carboxylic acid groups (broad SMARTS) is 1. The summed E-state index contributed by atoms with van der Waals surface area (Å²) in [4.78, 5) is 34.9. The number of hydrogen-bond donors (Lipinski definition) is 1. The van der Waals surface area contributed by atoms with Crippen molar-refractivity contribution < 1.29 is 27.9 Å². The standard InChI is InChI=1S/C19H24N4OS.C2HF3O2/c1-15-4-2-5-16(21-15)10-22-9-7-19(12-22)6-3-8-23(13-19)18(24)17-11-25-14-20-17;3-2(4,5)1(6)7/h2,4-5,11,14H,3,6-10,12-13H2,1H3;(H,6,7). The first kappa shape index (κ1) is 24.1. The van der Waals surface area contributed by atoms with Crippen molar-refractivity contribution in [2.75, 3.05) is 26.2 Å². The van der Waals surface area contributed by atoms with Crippen LogP contribution in [0, 0.1) is 12.3 Å². The third-order valence-corrected chi connectivity index (χ3v) is 6.28. The molecule has 2 aliphatic rings. The number of carbonyl (C=O) groups excluding carboxylic acids is 1. The van der Waals surface area contributed by atoms with Crippen molar-refractivity contribution in [2.24, 2.45) is 5.41 Å². The molecule has 1 spiro atoms. The Morgan fingerprint density at radius 2 is 1.97 bits per heavy atom. The van der Waals surface area contributed by atoms with Crippen LogP contribution in [-0.2, 0) is 11.3 Å². The van der Waals surface area contributed by atoms with Crippen molar-refractivity contribution in [3.05, 3.63) is 46.2 Å². The molecule has 2 aliphatic heterocycles. The van der Waals surface area contributed by atoms with Crippen LogP contribution in [-0.4, -0.2) is 69.1 Å². The summed E-state index contributed by atoms with van der Waals surface area (Å²) in [5, 5.41) is 8.98. The first-order chi connectivity index (χ1) is 15.1. The molecular formula is C21H25F3N4O3S. The molecule has 1 atom stereocenters. The third kappa shape index (κ3) is 6.26. The van der Waals surface area contributed by atoms with Crippen LogP contribution >= 0.6 is 11.3 Å². The number of piperidine rings is 1. The average Bonchev–Trinajstić information content (AvgIpc) is 3.38. The van der Waals surface area contributed by atoms with Crippen LogP contribution in [0.1, 0.15) is 41.1 Å². The van der Waals surface area contributed by atoms with Crippen LogP contribution in [0.15, 0.2) is 29.1 Å². The van der Waals surface area contributed by atoms with E-state index in [0.29, 0.717) is 5.69 Å². The molecule has 32 heavy (non-hydrogen) atoms. The van der Waals surface area contributed by atoms with Gasteiger partial charge in [0.2, 0.25) is 0 Å². The van der Waals surface area contributed by atoms with Gasteiger partial charge in [0.25, 0.3) is 5.91 Å². The molecule has 0 radical (unpaired) electrons. The van der Waals surface area contributed by atoms with Gasteiger partial charge in [0.1, 0.15) is 5.69 Å². The fourth-order valence-electron chi connectivity index (χ4n) is 4.27. The van der Waals surface area contributed by atoms with E-state index in [-0.39, 0.29) is 11.3 Å². The zero-order chi connectivity index (χ0) is 23.4. The number of halogens is 3. The molecular weight excluding hydrogens is 445 g/mol. The Morgan fingerprint density at radius 3 is 2.59 bits per heavy atom. The maximum atomic E-state index is 12.7. The van der Waals surface area contributed by atoms with E-state index in [1.807, 2.05) is 23.3 Å². The van der Waals surface area contributed by atoms with Crippen molar-refractivity contribution in [3.63, 3.8) is 0 Å². The van der Waals surface area contributed by atoms with Gasteiger partial charge >= 0.3 is 12.1 Å². The zero-order valence-electron chi connectivity index (χ0n) is 17.6. The Bertz CT molecular complexity index is 939. The molecule has 7 nitrogen and oxygen atoms in total. The highest BCUT2D eigenvalue weighted by atomic mass is 32.1. The van der Waals surface area contributed by atoms with E-state index in [1.54, 1.807) is 5.51 Å². The Morgan fingerprint density at radius 1 is 1.22 bits per heavy atom. The van der Waals surface area contributed by atoms with Gasteiger partial charge in [-0.25, -0.2) is 9.78 Å². The fourth-order valence-corrected chi connectivity index (χ4v) is 4.80. The summed E-state index contributed by atoms with van der Waals surface area (Å²) < 4.78 is 31.7. The number of aromatic nitrogens is 2. The van der Waals surface area contributed by atoms with Crippen LogP contribution in [0.5, 0.6) is 0 Å². The van der Waals surface area contributed by atoms with Crippen molar-refractivity contribution >= 4 is 23.2 Å². The molecule has 1 N–H and O–H groups in total. The van der Waals surface area contributed by atoms with Crippen LogP contribution in [0.2, 0.25) is 0 Å². The molecule has 174 valence electrons. The minimum Gasteiger partial charge on any atom is -0.475 e. The predicted molar refractivity (Wildman–Crippen MR) is 112 cm³/mol. The lowest BCUT2D eigenvalue weighted by Gasteiger charge is -2.40. The van der Waals surface area contributed by atoms with E-state index in [0.717, 1.165) is 50.5 Å². The summed E-state index contributed by atoms with van der Waals surface area (Å²) >= 11 is 1.48. The van der Waals surface area contributed by atoms with Crippen molar-refractivity contribution in [3.8, 4) is 0 Å². The topological polar surface area (TPSA) is 86.6 Å². The number of amides is 1. The molecule has 0 aliphatic carbocycles. The highest BCUT2D eigenvalue weighted by Crippen LogP contribution is 2.39. The van der Waals surface area contributed by atoms with Gasteiger partial charge in [0.05, 0.1) is 11.2 Å². The first-order valence-corrected chi connectivity index (χ1v) is 11.1. The van der Waals surface area contributed by atoms with Gasteiger partial charge in [-0.15, -0.1) is 11.3 Å². The van der Waals surface area contributed by atoms with Gasteiger partial charge in [0.15, 0.2) is 0 Å². The summed E-state index contributed by atoms with van der Waals surface area (Å²) in [6, 6.07) is 6.23. The molecule has 0 bridgehead atoms. The smallest absolute Gasteiger partial charge is 0.475 e. The van der Waals surface area contributed by atoms with Crippen molar-refractivity contribution in [1.82, 2.24) is 19.8 Å². The van der Waals surface area contributed by atoms with Gasteiger partial charge in [0, 0.05) is 42.7 Å². The zero-order valence-corrected chi connectivity index (χ0v) is 18.5. The van der Waals surface area contributed by atoms with E-state index in [4.69, 9.17) is 9.90 Å². The van der Waals surface area contributed by atoms with Gasteiger partial charge in [-0.05, 0) is 44.9 Å². The fraction of sp³-hybridized carbons (Fsp3) is 0.524. The second-order valence-electron chi connectivity index (χ2n) is 8.24. The number of rotatable bonds is 3. The van der Waals surface area contributed by atoms with Gasteiger partial charge in [-0.1, -0.05) is 6.07 Å². The molecule has 1 unspecified atom stereocenters. The lowest BCUT2D eigenvalue weighted by molar-refractivity contribution is -0.192. The maximum Gasteiger partial charge on any atom is 0.490 e. The SMILES string of the molecule is Cc1cccc(CN2CCC3(CCCN(C(=O)c4cscn4)C3)C2)n1.O=C(O)C(F)(F)F. The number of carboxylic acids is 1. The third-order valence-electron chi connectivity index (χ3n) is 5.69. The Balaban J connectivity index is 0.000000360. The van der Waals surface area contributed by atoms with Crippen LogP contribution < -0.4 is 0 Å². The minimum atomic E-state index is -5.08. The lowest BCUT2D eigenvalue weighted by atomic mass is 9.79. The van der Waals surface area contributed by atoms with E-state index < -0.39 is 12.1 Å². The Labute approximate surface area is 187 Å². The van der Waals surface area contributed by atoms with E-state index >= 15 is 0 Å². The number of thiazole rings is 1. The summed E-state index contributed by atoms with van der Waals surface area (Å²) in [6.45, 7) is 6.82. The monoisotopic (exact) mass is 470 g/mol. The Kier molecular flexibility index (Phi) is 7.50. The molecule has 4 heterocycles. The Hall–Kier alpha value is -2.53. The number of nitrogens with zero attached hydrogens (tertiary/aromatic N) is 4. The normalized spacial score (nSPS) is 21.3. The van der Waals surface area contributed by atoms with E-state index in [1.165, 1.54) is 24.2 Å². The number of pyridine rings is 1. The van der Waals surface area contributed by atoms with E-state index in [2.05, 4.69) is 27.0 Å². The van der Waals surface area contributed by atoms with Gasteiger partial charge < -0.3 is 10.0 Å². The molecule has 2 aromatic rings. The first-order valence-electron chi connectivity index (χ1n) is 10.2. The number of likely N-dealkylation sites (tertiary alicyclic amines) is 2. The number of carbonyl (C=O) groups is 2. The summed E-state index contributed by atoms with van der Waals surface area (Å²) in [5.41, 5.74) is 4.79. The molecule has 4 rings (SSSR count). The summed E-state index contributed by atoms with van der Waals surface area (Å²) in [7, 11) is 0. The van der Waals surface area contributed by atoms with Gasteiger partial charge in [-0.2, -0.15) is 13.2 Å². The van der Waals surface area contributed by atoms with Crippen LogP contribution in [0.3, 0.4) is 0 Å². The molecule has 0 aromatic carbocycles. The number of aliphatic carboxylic acids is 1. The maximum absolute atomic E-state index is 12.7.